The lowest BCUT2D eigenvalue weighted by Gasteiger charge is -2.30. The summed E-state index contributed by atoms with van der Waals surface area (Å²) in [6.45, 7) is 5.97. The van der Waals surface area contributed by atoms with E-state index in [1.165, 1.54) is 25.1 Å². The Balaban J connectivity index is 1.48. The Morgan fingerprint density at radius 2 is 1.94 bits per heavy atom. The zero-order valence-electron chi connectivity index (χ0n) is 17.8. The van der Waals surface area contributed by atoms with Crippen molar-refractivity contribution in [3.8, 4) is 0 Å². The van der Waals surface area contributed by atoms with Crippen LogP contribution in [0.15, 0.2) is 18.2 Å². The molecule has 4 rings (SSSR count). The molecule has 0 spiro atoms. The van der Waals surface area contributed by atoms with Crippen molar-refractivity contribution in [1.82, 2.24) is 15.6 Å². The van der Waals surface area contributed by atoms with Gasteiger partial charge in [0, 0.05) is 50.1 Å². The molecule has 2 aromatic heterocycles. The number of nitrogens with two attached hydrogens (primary N) is 1. The molecule has 6 nitrogen and oxygen atoms in total. The Morgan fingerprint density at radius 1 is 1.22 bits per heavy atom. The second-order valence-electron chi connectivity index (χ2n) is 7.93. The van der Waals surface area contributed by atoms with E-state index in [1.54, 1.807) is 6.92 Å². The summed E-state index contributed by atoms with van der Waals surface area (Å²) in [6.07, 6.45) is 0. The van der Waals surface area contributed by atoms with Gasteiger partial charge in [-0.2, -0.15) is 0 Å². The van der Waals surface area contributed by atoms with Crippen LogP contribution >= 0.6 is 11.3 Å². The van der Waals surface area contributed by atoms with Crippen LogP contribution in [0.1, 0.15) is 33.8 Å². The Kier molecular flexibility index (Phi) is 6.25. The highest BCUT2D eigenvalue weighted by Crippen LogP contribution is 2.33. The molecule has 10 heteroatoms. The van der Waals surface area contributed by atoms with Crippen LogP contribution in [0.5, 0.6) is 0 Å². The van der Waals surface area contributed by atoms with E-state index in [2.05, 4.69) is 15.6 Å². The number of nitrogens with zero attached hydrogens (tertiary/aromatic N) is 2. The zero-order chi connectivity index (χ0) is 23.0. The lowest BCUT2D eigenvalue weighted by molar-refractivity contribution is 0.0956. The zero-order valence-corrected chi connectivity index (χ0v) is 18.6. The molecule has 1 aromatic carbocycles. The van der Waals surface area contributed by atoms with Crippen LogP contribution in [-0.2, 0) is 0 Å². The van der Waals surface area contributed by atoms with E-state index in [1.807, 2.05) is 4.90 Å². The van der Waals surface area contributed by atoms with Gasteiger partial charge in [0.2, 0.25) is 0 Å². The summed E-state index contributed by atoms with van der Waals surface area (Å²) in [7, 11) is 0. The maximum Gasteiger partial charge on any atom is 0.263 e. The molecule has 3 heterocycles. The van der Waals surface area contributed by atoms with Gasteiger partial charge in [0.1, 0.15) is 27.2 Å². The summed E-state index contributed by atoms with van der Waals surface area (Å²) in [4.78, 5) is 19.3. The first-order valence-corrected chi connectivity index (χ1v) is 11.2. The molecule has 0 unspecified atom stereocenters. The van der Waals surface area contributed by atoms with Crippen molar-refractivity contribution in [1.29, 1.82) is 0 Å². The largest absolute Gasteiger partial charge is 0.397 e. The fourth-order valence-corrected chi connectivity index (χ4v) is 4.83. The number of thiophene rings is 1. The summed E-state index contributed by atoms with van der Waals surface area (Å²) in [5.41, 5.74) is 6.84. The van der Waals surface area contributed by atoms with Crippen LogP contribution in [-0.4, -0.2) is 43.6 Å². The van der Waals surface area contributed by atoms with Gasteiger partial charge in [-0.3, -0.25) is 4.79 Å². The number of carbonyl (C=O) groups excluding carboxylic acids is 1. The van der Waals surface area contributed by atoms with Crippen LogP contribution in [0, 0.1) is 24.4 Å². The van der Waals surface area contributed by atoms with E-state index in [0.29, 0.717) is 36.4 Å². The van der Waals surface area contributed by atoms with Crippen molar-refractivity contribution in [2.24, 2.45) is 0 Å². The predicted molar refractivity (Wildman–Crippen MR) is 121 cm³/mol. The summed E-state index contributed by atoms with van der Waals surface area (Å²) in [5.74, 6) is -2.44. The predicted octanol–water partition coefficient (Wildman–Crippen LogP) is 3.55. The molecular formula is C22H24F3N5OS. The molecular weight excluding hydrogens is 439 g/mol. The SMILES string of the molecule is Cc1nc2sc(C(=O)NC[C@H](C)c3cc(F)c(N4CCNCC4)cc3F)c(N)c2cc1F. The molecule has 170 valence electrons. The topological polar surface area (TPSA) is 83.3 Å². The average molecular weight is 464 g/mol. The number of piperazine rings is 1. The van der Waals surface area contributed by atoms with Gasteiger partial charge in [-0.15, -0.1) is 11.3 Å². The minimum Gasteiger partial charge on any atom is -0.397 e. The summed E-state index contributed by atoms with van der Waals surface area (Å²) in [5, 5.41) is 6.28. The summed E-state index contributed by atoms with van der Waals surface area (Å²) < 4.78 is 43.3. The Hall–Kier alpha value is -2.85. The highest BCUT2D eigenvalue weighted by molar-refractivity contribution is 7.21. The first-order valence-electron chi connectivity index (χ1n) is 10.3. The van der Waals surface area contributed by atoms with E-state index in [0.717, 1.165) is 11.3 Å². The Labute approximate surface area is 187 Å². The smallest absolute Gasteiger partial charge is 0.263 e. The monoisotopic (exact) mass is 463 g/mol. The van der Waals surface area contributed by atoms with Crippen molar-refractivity contribution in [3.63, 3.8) is 0 Å². The number of benzene rings is 1. The first kappa shape index (κ1) is 22.3. The molecule has 0 bridgehead atoms. The van der Waals surface area contributed by atoms with Gasteiger partial charge in [-0.25, -0.2) is 18.2 Å². The number of hydrogen-bond acceptors (Lipinski definition) is 6. The van der Waals surface area contributed by atoms with Gasteiger partial charge in [-0.05, 0) is 24.6 Å². The Morgan fingerprint density at radius 3 is 2.66 bits per heavy atom. The number of amides is 1. The standard InChI is InChI=1S/C22H24F3N5OS/c1-11(13-7-17(25)18(9-16(13)24)30-5-3-27-4-6-30)10-28-21(31)20-19(26)14-8-15(23)12(2)29-22(14)32-20/h7-9,11,27H,3-6,10,26H2,1-2H3,(H,28,31)/t11-/m0/s1. The fraction of sp³-hybridized carbons (Fsp3) is 0.364. The number of nitrogen functional groups attached to an aromatic ring is 1. The molecule has 1 aliphatic heterocycles. The molecule has 1 aliphatic rings. The number of aromatic nitrogens is 1. The van der Waals surface area contributed by atoms with Crippen LogP contribution in [0.3, 0.4) is 0 Å². The van der Waals surface area contributed by atoms with Crippen molar-refractivity contribution in [3.05, 3.63) is 51.8 Å². The summed E-state index contributed by atoms with van der Waals surface area (Å²) >= 11 is 1.07. The lowest BCUT2D eigenvalue weighted by atomic mass is 9.99. The van der Waals surface area contributed by atoms with E-state index in [4.69, 9.17) is 5.73 Å². The molecule has 4 N–H and O–H groups in total. The molecule has 0 saturated carbocycles. The van der Waals surface area contributed by atoms with E-state index >= 15 is 0 Å². The van der Waals surface area contributed by atoms with Gasteiger partial charge in [0.05, 0.1) is 17.1 Å². The number of pyridine rings is 1. The minimum atomic E-state index is -0.516. The number of nitrogens with one attached hydrogen (secondary N) is 2. The van der Waals surface area contributed by atoms with E-state index in [9.17, 15) is 18.0 Å². The molecule has 32 heavy (non-hydrogen) atoms. The number of aryl methyl sites for hydroxylation is 1. The number of hydrogen-bond donors (Lipinski definition) is 3. The first-order chi connectivity index (χ1) is 15.3. The second kappa shape index (κ2) is 8.95. The van der Waals surface area contributed by atoms with Crippen LogP contribution in [0.2, 0.25) is 0 Å². The highest BCUT2D eigenvalue weighted by Gasteiger charge is 2.22. The maximum absolute atomic E-state index is 14.8. The summed E-state index contributed by atoms with van der Waals surface area (Å²) in [6, 6.07) is 3.69. The molecule has 0 aliphatic carbocycles. The van der Waals surface area contributed by atoms with Crippen molar-refractivity contribution in [2.75, 3.05) is 43.4 Å². The molecule has 3 aromatic rings. The normalized spacial score (nSPS) is 15.2. The average Bonchev–Trinajstić information content (AvgIpc) is 3.09. The lowest BCUT2D eigenvalue weighted by Crippen LogP contribution is -2.44. The van der Waals surface area contributed by atoms with Gasteiger partial charge in [0.25, 0.3) is 5.91 Å². The fourth-order valence-electron chi connectivity index (χ4n) is 3.79. The quantitative estimate of drug-likeness (QED) is 0.539. The second-order valence-corrected chi connectivity index (χ2v) is 8.93. The number of rotatable bonds is 5. The molecule has 1 saturated heterocycles. The third-order valence-corrected chi connectivity index (χ3v) is 6.79. The Bertz CT molecular complexity index is 1180. The molecule has 1 amide bonds. The van der Waals surface area contributed by atoms with E-state index in [-0.39, 0.29) is 34.1 Å². The third kappa shape index (κ3) is 4.24. The maximum atomic E-state index is 14.8. The molecule has 1 atom stereocenters. The number of anilines is 2. The third-order valence-electron chi connectivity index (χ3n) is 5.68. The number of halogens is 3. The number of fused-ring (bicyclic) bond motifs is 1. The van der Waals surface area contributed by atoms with Crippen LogP contribution in [0.25, 0.3) is 10.2 Å². The molecule has 0 radical (unpaired) electrons. The van der Waals surface area contributed by atoms with Crippen molar-refractivity contribution in [2.45, 2.75) is 19.8 Å². The van der Waals surface area contributed by atoms with Crippen molar-refractivity contribution < 1.29 is 18.0 Å². The van der Waals surface area contributed by atoms with E-state index < -0.39 is 29.3 Å². The van der Waals surface area contributed by atoms with Gasteiger partial charge >= 0.3 is 0 Å². The number of carbonyl (C=O) groups is 1. The molecule has 1 fully saturated rings. The minimum absolute atomic E-state index is 0.0800. The van der Waals surface area contributed by atoms with Crippen molar-refractivity contribution >= 4 is 38.8 Å². The van der Waals surface area contributed by atoms with Crippen LogP contribution < -0.4 is 21.3 Å². The van der Waals surface area contributed by atoms with Gasteiger partial charge in [0.15, 0.2) is 0 Å². The van der Waals surface area contributed by atoms with Gasteiger partial charge < -0.3 is 21.3 Å². The van der Waals surface area contributed by atoms with Gasteiger partial charge in [-0.1, -0.05) is 6.92 Å². The highest BCUT2D eigenvalue weighted by atomic mass is 32.1. The van der Waals surface area contributed by atoms with Crippen LogP contribution in [0.4, 0.5) is 24.5 Å².